The maximum absolute atomic E-state index is 13.7. The van der Waals surface area contributed by atoms with Crippen LogP contribution in [0.4, 0.5) is 4.79 Å². The molecule has 0 unspecified atom stereocenters. The minimum absolute atomic E-state index is 0.0913. The van der Waals surface area contributed by atoms with Crippen LogP contribution in [0.3, 0.4) is 0 Å². The van der Waals surface area contributed by atoms with Crippen LogP contribution in [0.5, 0.6) is 0 Å². The molecular weight excluding hydrogens is 398 g/mol. The lowest BCUT2D eigenvalue weighted by Crippen LogP contribution is -2.42. The summed E-state index contributed by atoms with van der Waals surface area (Å²) in [5.41, 5.74) is 6.76. The average Bonchev–Trinajstić information content (AvgIpc) is 3.11. The highest BCUT2D eigenvalue weighted by atomic mass is 16.6. The monoisotopic (exact) mass is 427 g/mol. The predicted octanol–water partition coefficient (Wildman–Crippen LogP) is 5.94. The molecule has 4 heteroatoms. The van der Waals surface area contributed by atoms with Crippen LogP contribution >= 0.6 is 0 Å². The molecule has 0 spiro atoms. The van der Waals surface area contributed by atoms with Crippen molar-refractivity contribution in [2.45, 2.75) is 52.2 Å². The molecule has 32 heavy (non-hydrogen) atoms. The molecule has 1 aliphatic carbocycles. The third kappa shape index (κ3) is 4.59. The molecule has 0 heterocycles. The zero-order chi connectivity index (χ0) is 22.9. The van der Waals surface area contributed by atoms with Gasteiger partial charge < -0.3 is 10.1 Å². The van der Waals surface area contributed by atoms with Crippen LogP contribution in [0.1, 0.15) is 60.3 Å². The minimum atomic E-state index is -0.699. The van der Waals surface area contributed by atoms with E-state index in [-0.39, 0.29) is 5.78 Å². The quantitative estimate of drug-likeness (QED) is 0.401. The van der Waals surface area contributed by atoms with E-state index < -0.39 is 17.7 Å². The van der Waals surface area contributed by atoms with Gasteiger partial charge in [-0.1, -0.05) is 66.7 Å². The Kier molecular flexibility index (Phi) is 5.88. The lowest BCUT2D eigenvalue weighted by atomic mass is 9.88. The first-order valence-corrected chi connectivity index (χ1v) is 11.0. The van der Waals surface area contributed by atoms with Gasteiger partial charge in [-0.05, 0) is 73.9 Å². The van der Waals surface area contributed by atoms with Crippen LogP contribution in [-0.4, -0.2) is 23.5 Å². The maximum atomic E-state index is 13.7. The van der Waals surface area contributed by atoms with Crippen LogP contribution in [0.15, 0.2) is 66.7 Å². The largest absolute Gasteiger partial charge is 0.444 e. The number of amides is 1. The summed E-state index contributed by atoms with van der Waals surface area (Å²) in [6, 6.07) is 21.9. The molecule has 0 saturated heterocycles. The molecule has 1 atom stereocenters. The average molecular weight is 428 g/mol. The van der Waals surface area contributed by atoms with Crippen LogP contribution in [0, 0.1) is 0 Å². The molecule has 1 aliphatic rings. The number of ketones is 1. The summed E-state index contributed by atoms with van der Waals surface area (Å²) in [4.78, 5) is 26.0. The van der Waals surface area contributed by atoms with Crippen molar-refractivity contribution in [3.8, 4) is 11.1 Å². The van der Waals surface area contributed by atoms with Gasteiger partial charge in [-0.3, -0.25) is 4.79 Å². The first kappa shape index (κ1) is 21.8. The molecule has 1 amide bonds. The predicted molar refractivity (Wildman–Crippen MR) is 127 cm³/mol. The Bertz CT molecular complexity index is 1160. The van der Waals surface area contributed by atoms with E-state index in [1.54, 1.807) is 27.7 Å². The van der Waals surface area contributed by atoms with E-state index >= 15 is 0 Å². The van der Waals surface area contributed by atoms with E-state index in [9.17, 15) is 9.59 Å². The van der Waals surface area contributed by atoms with Gasteiger partial charge in [0.25, 0.3) is 0 Å². The summed E-state index contributed by atoms with van der Waals surface area (Å²) < 4.78 is 5.36. The fraction of sp³-hybridized carbons (Fsp3) is 0.286. The van der Waals surface area contributed by atoms with Gasteiger partial charge in [0, 0.05) is 5.56 Å². The summed E-state index contributed by atoms with van der Waals surface area (Å²) in [6.07, 6.45) is 0.790. The van der Waals surface area contributed by atoms with E-state index in [4.69, 9.17) is 4.74 Å². The Labute approximate surface area is 189 Å². The van der Waals surface area contributed by atoms with Crippen LogP contribution in [0.25, 0.3) is 11.1 Å². The van der Waals surface area contributed by atoms with E-state index in [2.05, 4.69) is 41.7 Å². The van der Waals surface area contributed by atoms with Crippen molar-refractivity contribution in [1.29, 1.82) is 0 Å². The summed E-state index contributed by atoms with van der Waals surface area (Å²) in [7, 11) is 0. The van der Waals surface area contributed by atoms with Crippen molar-refractivity contribution in [2.24, 2.45) is 0 Å². The standard InChI is InChI=1S/C28H29NO3/c1-18(29-27(31)32-28(2,3)4)26(30)25-21(16-19-10-6-5-7-11-19)14-15-23-22-13-9-8-12-20(22)17-24(23)25/h5-15,18H,16-17H2,1-4H3,(H,29,31)/t18-/m0/s1. The van der Waals surface area contributed by atoms with Crippen molar-refractivity contribution in [3.63, 3.8) is 0 Å². The Morgan fingerprint density at radius 2 is 1.62 bits per heavy atom. The van der Waals surface area contributed by atoms with E-state index in [1.807, 2.05) is 30.3 Å². The van der Waals surface area contributed by atoms with Crippen molar-refractivity contribution < 1.29 is 14.3 Å². The zero-order valence-electron chi connectivity index (χ0n) is 19.1. The Morgan fingerprint density at radius 3 is 2.34 bits per heavy atom. The second-order valence-electron chi connectivity index (χ2n) is 9.35. The molecule has 3 aromatic rings. The first-order chi connectivity index (χ1) is 15.2. The molecule has 0 saturated carbocycles. The SMILES string of the molecule is C[C@H](NC(=O)OC(C)(C)C)C(=O)c1c(Cc2ccccc2)ccc2c1Cc1ccccc1-2. The maximum Gasteiger partial charge on any atom is 0.408 e. The van der Waals surface area contributed by atoms with Gasteiger partial charge in [0.1, 0.15) is 5.60 Å². The number of ether oxygens (including phenoxy) is 1. The van der Waals surface area contributed by atoms with E-state index in [0.29, 0.717) is 18.4 Å². The summed E-state index contributed by atoms with van der Waals surface area (Å²) >= 11 is 0. The summed E-state index contributed by atoms with van der Waals surface area (Å²) in [6.45, 7) is 7.13. The van der Waals surface area contributed by atoms with Gasteiger partial charge in [-0.15, -0.1) is 0 Å². The number of carbonyl (C=O) groups is 2. The van der Waals surface area contributed by atoms with Gasteiger partial charge in [0.05, 0.1) is 6.04 Å². The van der Waals surface area contributed by atoms with Gasteiger partial charge in [-0.2, -0.15) is 0 Å². The van der Waals surface area contributed by atoms with Crippen LogP contribution in [0.2, 0.25) is 0 Å². The fourth-order valence-electron chi connectivity index (χ4n) is 4.30. The third-order valence-electron chi connectivity index (χ3n) is 5.68. The number of benzene rings is 3. The third-order valence-corrected chi connectivity index (χ3v) is 5.68. The van der Waals surface area contributed by atoms with Crippen LogP contribution in [-0.2, 0) is 17.6 Å². The molecule has 4 nitrogen and oxygen atoms in total. The number of alkyl carbamates (subject to hydrolysis) is 1. The molecule has 0 fully saturated rings. The van der Waals surface area contributed by atoms with Crippen molar-refractivity contribution in [3.05, 3.63) is 94.5 Å². The van der Waals surface area contributed by atoms with E-state index in [1.165, 1.54) is 11.1 Å². The number of fused-ring (bicyclic) bond motifs is 3. The molecule has 0 radical (unpaired) electrons. The van der Waals surface area contributed by atoms with Gasteiger partial charge in [-0.25, -0.2) is 4.79 Å². The first-order valence-electron chi connectivity index (χ1n) is 11.0. The zero-order valence-corrected chi connectivity index (χ0v) is 19.1. The second kappa shape index (κ2) is 8.62. The van der Waals surface area contributed by atoms with Gasteiger partial charge in [0.2, 0.25) is 0 Å². The Balaban J connectivity index is 1.71. The lowest BCUT2D eigenvalue weighted by Gasteiger charge is -2.23. The highest BCUT2D eigenvalue weighted by Gasteiger charge is 2.30. The Morgan fingerprint density at radius 1 is 0.938 bits per heavy atom. The molecule has 0 aromatic heterocycles. The lowest BCUT2D eigenvalue weighted by molar-refractivity contribution is 0.0496. The van der Waals surface area contributed by atoms with Crippen molar-refractivity contribution in [1.82, 2.24) is 5.32 Å². The number of Topliss-reactive ketones (excluding diaryl/α,β-unsaturated/α-hetero) is 1. The smallest absolute Gasteiger partial charge is 0.408 e. The number of rotatable bonds is 5. The van der Waals surface area contributed by atoms with Crippen LogP contribution < -0.4 is 5.32 Å². The number of hydrogen-bond acceptors (Lipinski definition) is 3. The molecule has 0 bridgehead atoms. The van der Waals surface area contributed by atoms with Crippen molar-refractivity contribution in [2.75, 3.05) is 0 Å². The fourth-order valence-corrected chi connectivity index (χ4v) is 4.30. The van der Waals surface area contributed by atoms with Gasteiger partial charge >= 0.3 is 6.09 Å². The molecule has 0 aliphatic heterocycles. The molecule has 164 valence electrons. The minimum Gasteiger partial charge on any atom is -0.444 e. The highest BCUT2D eigenvalue weighted by molar-refractivity contribution is 6.06. The second-order valence-corrected chi connectivity index (χ2v) is 9.35. The van der Waals surface area contributed by atoms with Gasteiger partial charge in [0.15, 0.2) is 5.78 Å². The molecule has 1 N–H and O–H groups in total. The number of hydrogen-bond donors (Lipinski definition) is 1. The highest BCUT2D eigenvalue weighted by Crippen LogP contribution is 2.40. The van der Waals surface area contributed by atoms with Crippen molar-refractivity contribution >= 4 is 11.9 Å². The molecule has 3 aromatic carbocycles. The molecular formula is C28H29NO3. The molecule has 4 rings (SSSR count). The topological polar surface area (TPSA) is 55.4 Å². The normalized spacial score (nSPS) is 13.1. The number of nitrogens with one attached hydrogen (secondary N) is 1. The Hall–Kier alpha value is -3.40. The summed E-state index contributed by atoms with van der Waals surface area (Å²) in [5, 5.41) is 2.73. The van der Waals surface area contributed by atoms with E-state index in [0.717, 1.165) is 22.3 Å². The summed E-state index contributed by atoms with van der Waals surface area (Å²) in [5.74, 6) is -0.0913. The number of carbonyl (C=O) groups excluding carboxylic acids is 2.